The monoisotopic (exact) mass is 447 g/mol. The molecule has 1 amide bonds. The molecule has 0 spiro atoms. The van der Waals surface area contributed by atoms with Crippen LogP contribution in [-0.2, 0) is 11.4 Å². The van der Waals surface area contributed by atoms with Crippen LogP contribution in [0.3, 0.4) is 0 Å². The first-order valence-electron chi connectivity index (χ1n) is 9.74. The number of hydrogen-bond acceptors (Lipinski definition) is 5. The van der Waals surface area contributed by atoms with Crippen molar-refractivity contribution in [2.24, 2.45) is 0 Å². The molecule has 3 aromatic carbocycles. The maximum Gasteiger partial charge on any atom is 0.266 e. The minimum atomic E-state index is -0.106. The van der Waals surface area contributed by atoms with Gasteiger partial charge >= 0.3 is 0 Å². The highest BCUT2D eigenvalue weighted by atomic mass is 32.2. The molecule has 4 rings (SSSR count). The van der Waals surface area contributed by atoms with E-state index in [2.05, 4.69) is 30.8 Å². The van der Waals surface area contributed by atoms with Gasteiger partial charge in [-0.05, 0) is 40.1 Å². The van der Waals surface area contributed by atoms with Gasteiger partial charge in [0.1, 0.15) is 10.9 Å². The average Bonchev–Trinajstić information content (AvgIpc) is 3.05. The Kier molecular flexibility index (Phi) is 6.39. The van der Waals surface area contributed by atoms with Crippen molar-refractivity contribution in [3.63, 3.8) is 0 Å². The van der Waals surface area contributed by atoms with Crippen LogP contribution in [-0.4, -0.2) is 28.8 Å². The van der Waals surface area contributed by atoms with Crippen molar-refractivity contribution in [3.8, 4) is 11.5 Å². The molecule has 1 aliphatic heterocycles. The van der Waals surface area contributed by atoms with Gasteiger partial charge < -0.3 is 9.47 Å². The largest absolute Gasteiger partial charge is 0.493 e. The van der Waals surface area contributed by atoms with Crippen LogP contribution in [0.2, 0.25) is 0 Å². The number of hydrogen-bond donors (Lipinski definition) is 0. The van der Waals surface area contributed by atoms with E-state index in [1.165, 1.54) is 27.4 Å². The summed E-state index contributed by atoms with van der Waals surface area (Å²) in [4.78, 5) is 14.7. The Labute approximate surface area is 191 Å². The number of carbonyl (C=O) groups is 1. The molecule has 4 nitrogen and oxygen atoms in total. The summed E-state index contributed by atoms with van der Waals surface area (Å²) < 4.78 is 12.2. The molecule has 1 heterocycles. The number of ether oxygens (including phenoxy) is 2. The van der Waals surface area contributed by atoms with Gasteiger partial charge in [0, 0.05) is 6.54 Å². The zero-order chi connectivity index (χ0) is 21.8. The van der Waals surface area contributed by atoms with Crippen molar-refractivity contribution in [2.45, 2.75) is 6.61 Å². The number of rotatable bonds is 7. The normalized spacial score (nSPS) is 15.0. The van der Waals surface area contributed by atoms with E-state index in [1.54, 1.807) is 13.2 Å². The first-order valence-corrected chi connectivity index (χ1v) is 11.0. The highest BCUT2D eigenvalue weighted by molar-refractivity contribution is 8.26. The fourth-order valence-electron chi connectivity index (χ4n) is 3.40. The van der Waals surface area contributed by atoms with Crippen molar-refractivity contribution < 1.29 is 14.3 Å². The maximum absolute atomic E-state index is 12.5. The van der Waals surface area contributed by atoms with Gasteiger partial charge in [0.15, 0.2) is 11.5 Å². The quantitative estimate of drug-likeness (QED) is 0.259. The Morgan fingerprint density at radius 1 is 1.10 bits per heavy atom. The molecule has 0 unspecified atom stereocenters. The van der Waals surface area contributed by atoms with E-state index in [9.17, 15) is 4.79 Å². The molecule has 1 fully saturated rings. The molecule has 1 saturated heterocycles. The molecule has 6 heteroatoms. The fourth-order valence-corrected chi connectivity index (χ4v) is 4.68. The van der Waals surface area contributed by atoms with Crippen LogP contribution in [0.4, 0.5) is 0 Å². The highest BCUT2D eigenvalue weighted by Gasteiger charge is 2.31. The maximum atomic E-state index is 12.5. The number of amides is 1. The summed E-state index contributed by atoms with van der Waals surface area (Å²) in [6.45, 7) is 4.51. The summed E-state index contributed by atoms with van der Waals surface area (Å²) in [7, 11) is 1.60. The number of benzene rings is 3. The van der Waals surface area contributed by atoms with E-state index in [-0.39, 0.29) is 5.91 Å². The number of fused-ring (bicyclic) bond motifs is 1. The Bertz CT molecular complexity index is 1200. The molecular formula is C25H21NO3S2. The van der Waals surface area contributed by atoms with Crippen LogP contribution >= 0.6 is 24.0 Å². The zero-order valence-electron chi connectivity index (χ0n) is 17.0. The molecule has 31 heavy (non-hydrogen) atoms. The third kappa shape index (κ3) is 4.50. The van der Waals surface area contributed by atoms with Crippen LogP contribution in [0.25, 0.3) is 16.8 Å². The van der Waals surface area contributed by atoms with Crippen LogP contribution < -0.4 is 9.47 Å². The lowest BCUT2D eigenvalue weighted by atomic mass is 10.1. The van der Waals surface area contributed by atoms with E-state index < -0.39 is 0 Å². The topological polar surface area (TPSA) is 38.8 Å². The molecule has 0 N–H and O–H groups in total. The molecule has 156 valence electrons. The predicted octanol–water partition coefficient (Wildman–Crippen LogP) is 5.81. The van der Waals surface area contributed by atoms with Gasteiger partial charge in [0.25, 0.3) is 5.91 Å². The molecule has 0 bridgehead atoms. The second-order valence-corrected chi connectivity index (χ2v) is 8.59. The molecule has 3 aromatic rings. The average molecular weight is 448 g/mol. The third-order valence-electron chi connectivity index (χ3n) is 4.93. The van der Waals surface area contributed by atoms with E-state index >= 15 is 0 Å². The Balaban J connectivity index is 1.54. The second-order valence-electron chi connectivity index (χ2n) is 6.92. The van der Waals surface area contributed by atoms with Gasteiger partial charge in [0.05, 0.1) is 12.0 Å². The van der Waals surface area contributed by atoms with Crippen LogP contribution in [0.5, 0.6) is 11.5 Å². The van der Waals surface area contributed by atoms with E-state index in [0.29, 0.717) is 33.9 Å². The van der Waals surface area contributed by atoms with Crippen molar-refractivity contribution in [3.05, 3.63) is 89.4 Å². The van der Waals surface area contributed by atoms with Crippen LogP contribution in [0.1, 0.15) is 11.1 Å². The standard InChI is InChI=1S/C25H21NO3S2/c1-3-13-26-24(27)23(31-25(26)30)15-17-11-12-21(22(14-17)28-2)29-16-19-9-6-8-18-7-4-5-10-20(18)19/h3-12,14-15H,1,13,16H2,2H3. The van der Waals surface area contributed by atoms with Crippen molar-refractivity contribution in [1.82, 2.24) is 4.90 Å². The first kappa shape index (κ1) is 21.2. The minimum Gasteiger partial charge on any atom is -0.493 e. The molecule has 0 radical (unpaired) electrons. The van der Waals surface area contributed by atoms with Gasteiger partial charge in [-0.1, -0.05) is 78.6 Å². The molecule has 1 aliphatic rings. The summed E-state index contributed by atoms with van der Waals surface area (Å²) in [5.74, 6) is 1.15. The van der Waals surface area contributed by atoms with Crippen LogP contribution in [0, 0.1) is 0 Å². The molecular weight excluding hydrogens is 426 g/mol. The van der Waals surface area contributed by atoms with E-state index in [1.807, 2.05) is 42.5 Å². The Morgan fingerprint density at radius 3 is 2.71 bits per heavy atom. The molecule has 0 atom stereocenters. The smallest absolute Gasteiger partial charge is 0.266 e. The second kappa shape index (κ2) is 9.37. The summed E-state index contributed by atoms with van der Waals surface area (Å²) in [6.07, 6.45) is 3.48. The summed E-state index contributed by atoms with van der Waals surface area (Å²) in [6, 6.07) is 20.0. The summed E-state index contributed by atoms with van der Waals surface area (Å²) in [5, 5.41) is 2.35. The first-order chi connectivity index (χ1) is 15.1. The minimum absolute atomic E-state index is 0.106. The highest BCUT2D eigenvalue weighted by Crippen LogP contribution is 2.35. The lowest BCUT2D eigenvalue weighted by Crippen LogP contribution is -2.27. The molecule has 0 aliphatic carbocycles. The van der Waals surface area contributed by atoms with E-state index in [0.717, 1.165) is 11.1 Å². The van der Waals surface area contributed by atoms with Gasteiger partial charge in [-0.3, -0.25) is 9.69 Å². The number of carbonyl (C=O) groups excluding carboxylic acids is 1. The molecule has 0 aromatic heterocycles. The van der Waals surface area contributed by atoms with Crippen molar-refractivity contribution >= 4 is 51.1 Å². The number of methoxy groups -OCH3 is 1. The number of nitrogens with zero attached hydrogens (tertiary/aromatic N) is 1. The Hall–Kier alpha value is -3.09. The van der Waals surface area contributed by atoms with E-state index in [4.69, 9.17) is 21.7 Å². The third-order valence-corrected chi connectivity index (χ3v) is 6.31. The lowest BCUT2D eigenvalue weighted by molar-refractivity contribution is -0.121. The SMILES string of the molecule is C=CCN1C(=O)C(=Cc2ccc(OCc3cccc4ccccc34)c(OC)c2)SC1=S. The fraction of sp³-hybridized carbons (Fsp3) is 0.120. The lowest BCUT2D eigenvalue weighted by Gasteiger charge is -2.13. The number of thioether (sulfide) groups is 1. The zero-order valence-corrected chi connectivity index (χ0v) is 18.7. The Morgan fingerprint density at radius 2 is 1.90 bits per heavy atom. The predicted molar refractivity (Wildman–Crippen MR) is 131 cm³/mol. The van der Waals surface area contributed by atoms with Gasteiger partial charge in [0.2, 0.25) is 0 Å². The van der Waals surface area contributed by atoms with Gasteiger partial charge in [-0.15, -0.1) is 6.58 Å². The molecule has 0 saturated carbocycles. The van der Waals surface area contributed by atoms with Crippen LogP contribution in [0.15, 0.2) is 78.2 Å². The summed E-state index contributed by atoms with van der Waals surface area (Å²) in [5.41, 5.74) is 1.95. The summed E-state index contributed by atoms with van der Waals surface area (Å²) >= 11 is 6.59. The van der Waals surface area contributed by atoms with Crippen molar-refractivity contribution in [2.75, 3.05) is 13.7 Å². The van der Waals surface area contributed by atoms with Gasteiger partial charge in [-0.25, -0.2) is 0 Å². The number of thiocarbonyl (C=S) groups is 1. The van der Waals surface area contributed by atoms with Crippen molar-refractivity contribution in [1.29, 1.82) is 0 Å². The van der Waals surface area contributed by atoms with Gasteiger partial charge in [-0.2, -0.15) is 0 Å².